The molecule has 0 spiro atoms. The Balaban J connectivity index is 1.54. The molecule has 0 saturated heterocycles. The summed E-state index contributed by atoms with van der Waals surface area (Å²) in [4.78, 5) is 18.2. The van der Waals surface area contributed by atoms with Crippen molar-refractivity contribution in [2.45, 2.75) is 49.1 Å². The van der Waals surface area contributed by atoms with Gasteiger partial charge >= 0.3 is 0 Å². The Labute approximate surface area is 296 Å². The normalized spacial score (nSPS) is 14.5. The van der Waals surface area contributed by atoms with Gasteiger partial charge in [-0.05, 0) is 78.4 Å². The second kappa shape index (κ2) is 14.0. The Hall–Kier alpha value is -4.99. The molecular formula is C32H30ClF2N9O5S2. The van der Waals surface area contributed by atoms with Gasteiger partial charge in [0.1, 0.15) is 22.6 Å². The second-order valence-corrected chi connectivity index (χ2v) is 16.8. The van der Waals surface area contributed by atoms with Crippen LogP contribution in [0.1, 0.15) is 48.6 Å². The largest absolute Gasteiger partial charge is 0.347 e. The van der Waals surface area contributed by atoms with Crippen LogP contribution in [0.15, 0.2) is 42.5 Å². The molecule has 5 aromatic rings. The number of rotatable bonds is 11. The van der Waals surface area contributed by atoms with Gasteiger partial charge in [0.2, 0.25) is 15.9 Å². The number of fused-ring (bicyclic) bond motifs is 1. The SMILES string of the molecule is CC(C#Cc1ccc(-c2ccc(Cl)c3c(NS(C)(=O)=O)nn(C)c23)c([C@H](Cc2cc(F)cc(F)c2)NC(=O)Cc2nnn[nH]2)n1)S(=O)(=O)C1CC1. The summed E-state index contributed by atoms with van der Waals surface area (Å²) in [6, 6.07) is 8.33. The number of sulfonamides is 1. The van der Waals surface area contributed by atoms with Crippen molar-refractivity contribution in [3.8, 4) is 23.0 Å². The number of aromatic amines is 1. The van der Waals surface area contributed by atoms with Gasteiger partial charge in [-0.1, -0.05) is 23.6 Å². The molecule has 3 aromatic heterocycles. The summed E-state index contributed by atoms with van der Waals surface area (Å²) in [5.41, 5.74) is 1.80. The fourth-order valence-corrected chi connectivity index (χ4v) is 7.98. The standard InChI is InChI=1S/C32H30ClF2N9O5S2/c1-17(51(48,49)22-7-8-22)4-5-21-6-9-23(24-10-11-25(33)29-31(24)44(2)40-32(29)41-50(3,46)47)30(36-21)26(14-18-12-19(34)15-20(35)13-18)37-28(45)16-27-38-42-43-39-27/h6,9-13,15,17,22,26H,7-8,14,16H2,1-3H3,(H,37,45)(H,40,41)(H,38,39,42,43)/t17?,26-/m0/s1. The third kappa shape index (κ3) is 8.16. The second-order valence-electron chi connectivity index (χ2n) is 12.1. The summed E-state index contributed by atoms with van der Waals surface area (Å²) >= 11 is 6.58. The molecule has 0 bridgehead atoms. The summed E-state index contributed by atoms with van der Waals surface area (Å²) in [5, 5.41) is 19.5. The predicted molar refractivity (Wildman–Crippen MR) is 185 cm³/mol. The summed E-state index contributed by atoms with van der Waals surface area (Å²) in [6.07, 6.45) is 1.72. The molecule has 1 aliphatic carbocycles. The number of tetrazole rings is 1. The lowest BCUT2D eigenvalue weighted by Crippen LogP contribution is -2.32. The highest BCUT2D eigenvalue weighted by atomic mass is 35.5. The predicted octanol–water partition coefficient (Wildman–Crippen LogP) is 3.41. The Morgan fingerprint density at radius 3 is 2.45 bits per heavy atom. The Kier molecular flexibility index (Phi) is 9.81. The first-order chi connectivity index (χ1) is 24.1. The molecule has 266 valence electrons. The van der Waals surface area contributed by atoms with Crippen LogP contribution in [0.3, 0.4) is 0 Å². The summed E-state index contributed by atoms with van der Waals surface area (Å²) in [5.74, 6) is 3.53. The van der Waals surface area contributed by atoms with E-state index in [1.165, 1.54) is 11.6 Å². The molecule has 14 nitrogen and oxygen atoms in total. The molecule has 1 amide bonds. The molecule has 2 atom stereocenters. The molecule has 3 heterocycles. The van der Waals surface area contributed by atoms with E-state index < -0.39 is 53.9 Å². The van der Waals surface area contributed by atoms with Crippen molar-refractivity contribution in [1.82, 2.24) is 40.7 Å². The van der Waals surface area contributed by atoms with Gasteiger partial charge in [0, 0.05) is 24.2 Å². The quantitative estimate of drug-likeness (QED) is 0.168. The maximum absolute atomic E-state index is 14.4. The van der Waals surface area contributed by atoms with Crippen molar-refractivity contribution in [3.63, 3.8) is 0 Å². The average Bonchev–Trinajstić information content (AvgIpc) is 3.71. The van der Waals surface area contributed by atoms with Crippen molar-refractivity contribution >= 4 is 54.1 Å². The monoisotopic (exact) mass is 757 g/mol. The van der Waals surface area contributed by atoms with E-state index in [2.05, 4.69) is 47.6 Å². The smallest absolute Gasteiger partial charge is 0.231 e. The summed E-state index contributed by atoms with van der Waals surface area (Å²) in [6.45, 7) is 1.50. The molecule has 1 fully saturated rings. The first-order valence-electron chi connectivity index (χ1n) is 15.4. The number of aromatic nitrogens is 7. The highest BCUT2D eigenvalue weighted by Crippen LogP contribution is 2.40. The van der Waals surface area contributed by atoms with Crippen LogP contribution in [-0.4, -0.2) is 74.9 Å². The maximum Gasteiger partial charge on any atom is 0.231 e. The number of hydrogen-bond donors (Lipinski definition) is 3. The van der Waals surface area contributed by atoms with Crippen LogP contribution in [0.5, 0.6) is 0 Å². The minimum Gasteiger partial charge on any atom is -0.347 e. The Morgan fingerprint density at radius 1 is 1.10 bits per heavy atom. The number of hydrogen-bond acceptors (Lipinski definition) is 10. The minimum absolute atomic E-state index is 0.0227. The van der Waals surface area contributed by atoms with Gasteiger partial charge in [-0.25, -0.2) is 35.7 Å². The number of aryl methyl sites for hydroxylation is 1. The van der Waals surface area contributed by atoms with Crippen LogP contribution in [0.4, 0.5) is 14.6 Å². The summed E-state index contributed by atoms with van der Waals surface area (Å²) < 4.78 is 82.6. The third-order valence-corrected chi connectivity index (χ3v) is 11.4. The summed E-state index contributed by atoms with van der Waals surface area (Å²) in [7, 11) is -5.64. The number of benzene rings is 2. The van der Waals surface area contributed by atoms with E-state index in [0.29, 0.717) is 29.5 Å². The molecule has 6 rings (SSSR count). The number of amides is 1. The molecule has 51 heavy (non-hydrogen) atoms. The molecule has 2 aromatic carbocycles. The van der Waals surface area contributed by atoms with Gasteiger partial charge in [-0.2, -0.15) is 5.10 Å². The fraction of sp³-hybridized carbons (Fsp3) is 0.312. The minimum atomic E-state index is -3.76. The molecule has 0 aliphatic heterocycles. The zero-order valence-corrected chi connectivity index (χ0v) is 29.7. The zero-order valence-electron chi connectivity index (χ0n) is 27.3. The van der Waals surface area contributed by atoms with Crippen LogP contribution in [0.25, 0.3) is 22.0 Å². The molecule has 19 heteroatoms. The Bertz CT molecular complexity index is 2420. The van der Waals surface area contributed by atoms with E-state index in [1.54, 1.807) is 31.3 Å². The van der Waals surface area contributed by atoms with Crippen LogP contribution in [0.2, 0.25) is 5.02 Å². The fourth-order valence-electron chi connectivity index (χ4n) is 5.65. The van der Waals surface area contributed by atoms with Gasteiger partial charge in [0.25, 0.3) is 0 Å². The van der Waals surface area contributed by atoms with E-state index in [0.717, 1.165) is 24.5 Å². The van der Waals surface area contributed by atoms with Crippen LogP contribution < -0.4 is 10.0 Å². The molecule has 1 unspecified atom stereocenters. The maximum atomic E-state index is 14.4. The highest BCUT2D eigenvalue weighted by molar-refractivity contribution is 7.93. The number of pyridine rings is 1. The lowest BCUT2D eigenvalue weighted by Gasteiger charge is -2.22. The van der Waals surface area contributed by atoms with E-state index in [9.17, 15) is 30.4 Å². The molecule has 0 radical (unpaired) electrons. The Morgan fingerprint density at radius 2 is 1.80 bits per heavy atom. The van der Waals surface area contributed by atoms with Crippen LogP contribution in [-0.2, 0) is 44.5 Å². The van der Waals surface area contributed by atoms with Crippen molar-refractivity contribution in [2.75, 3.05) is 11.0 Å². The number of carbonyl (C=O) groups excluding carboxylic acids is 1. The number of nitrogens with zero attached hydrogens (tertiary/aromatic N) is 6. The van der Waals surface area contributed by atoms with Crippen LogP contribution in [0, 0.1) is 23.5 Å². The number of sulfone groups is 1. The van der Waals surface area contributed by atoms with E-state index in [4.69, 9.17) is 16.6 Å². The van der Waals surface area contributed by atoms with E-state index in [1.807, 2.05) is 0 Å². The van der Waals surface area contributed by atoms with Gasteiger partial charge < -0.3 is 5.32 Å². The number of halogens is 3. The third-order valence-electron chi connectivity index (χ3n) is 8.06. The number of nitrogens with one attached hydrogen (secondary N) is 3. The van der Waals surface area contributed by atoms with E-state index in [-0.39, 0.29) is 51.8 Å². The van der Waals surface area contributed by atoms with Gasteiger partial charge in [-0.3, -0.25) is 14.2 Å². The van der Waals surface area contributed by atoms with Crippen molar-refractivity contribution in [2.24, 2.45) is 7.05 Å². The number of anilines is 1. The lowest BCUT2D eigenvalue weighted by molar-refractivity contribution is -0.121. The first kappa shape index (κ1) is 35.8. The lowest BCUT2D eigenvalue weighted by atomic mass is 9.93. The topological polar surface area (TPSA) is 195 Å². The van der Waals surface area contributed by atoms with E-state index >= 15 is 0 Å². The number of H-pyrrole nitrogens is 1. The molecular weight excluding hydrogens is 728 g/mol. The van der Waals surface area contributed by atoms with Gasteiger partial charge in [0.05, 0.1) is 45.6 Å². The van der Waals surface area contributed by atoms with Gasteiger partial charge in [0.15, 0.2) is 21.5 Å². The number of carbonyl (C=O) groups is 1. The van der Waals surface area contributed by atoms with Crippen LogP contribution >= 0.6 is 11.6 Å². The van der Waals surface area contributed by atoms with Crippen molar-refractivity contribution in [1.29, 1.82) is 0 Å². The first-order valence-corrected chi connectivity index (χ1v) is 19.3. The van der Waals surface area contributed by atoms with Crippen molar-refractivity contribution < 1.29 is 30.4 Å². The molecule has 1 aliphatic rings. The molecule has 3 N–H and O–H groups in total. The average molecular weight is 758 g/mol. The highest BCUT2D eigenvalue weighted by Gasteiger charge is 2.38. The van der Waals surface area contributed by atoms with Crippen molar-refractivity contribution in [3.05, 3.63) is 81.9 Å². The molecule has 1 saturated carbocycles. The van der Waals surface area contributed by atoms with Gasteiger partial charge in [-0.15, -0.1) is 5.10 Å². The zero-order chi connectivity index (χ0) is 36.7.